The third-order valence-corrected chi connectivity index (χ3v) is 2.49. The standard InChI is InChI=1S/C11H16N4O3/c1-3-15(2)10(16)6-12-5-9-8(11(17)18)4-13-7-14-9/h4,7,12H,3,5-6H2,1-2H3,(H,17,18). The van der Waals surface area contributed by atoms with Crippen molar-refractivity contribution in [2.45, 2.75) is 13.5 Å². The molecular formula is C11H16N4O3. The molecule has 98 valence electrons. The minimum absolute atomic E-state index is 0.0429. The molecule has 0 saturated heterocycles. The molecule has 0 aliphatic carbocycles. The number of rotatable bonds is 6. The lowest BCUT2D eigenvalue weighted by molar-refractivity contribution is -0.128. The van der Waals surface area contributed by atoms with Gasteiger partial charge in [-0.25, -0.2) is 14.8 Å². The lowest BCUT2D eigenvalue weighted by Gasteiger charge is -2.14. The molecule has 0 bridgehead atoms. The highest BCUT2D eigenvalue weighted by Gasteiger charge is 2.12. The molecule has 18 heavy (non-hydrogen) atoms. The Balaban J connectivity index is 2.54. The Morgan fingerprint density at radius 2 is 2.22 bits per heavy atom. The first kappa shape index (κ1) is 14.0. The quantitative estimate of drug-likeness (QED) is 0.724. The maximum absolute atomic E-state index is 11.5. The van der Waals surface area contributed by atoms with E-state index >= 15 is 0 Å². The summed E-state index contributed by atoms with van der Waals surface area (Å²) in [6.45, 7) is 2.88. The molecule has 0 unspecified atom stereocenters. The lowest BCUT2D eigenvalue weighted by atomic mass is 10.2. The van der Waals surface area contributed by atoms with Crippen LogP contribution in [0.15, 0.2) is 12.5 Å². The lowest BCUT2D eigenvalue weighted by Crippen LogP contribution is -2.35. The molecule has 1 heterocycles. The number of hydrogen-bond donors (Lipinski definition) is 2. The molecular weight excluding hydrogens is 236 g/mol. The van der Waals surface area contributed by atoms with Crippen molar-refractivity contribution in [2.24, 2.45) is 0 Å². The van der Waals surface area contributed by atoms with E-state index < -0.39 is 5.97 Å². The molecule has 0 aromatic carbocycles. The average molecular weight is 252 g/mol. The van der Waals surface area contributed by atoms with Crippen LogP contribution in [0.25, 0.3) is 0 Å². The minimum Gasteiger partial charge on any atom is -0.478 e. The van der Waals surface area contributed by atoms with Crippen molar-refractivity contribution in [3.8, 4) is 0 Å². The fraction of sp³-hybridized carbons (Fsp3) is 0.455. The van der Waals surface area contributed by atoms with Crippen molar-refractivity contribution < 1.29 is 14.7 Å². The first-order chi connectivity index (χ1) is 8.56. The predicted molar refractivity (Wildman–Crippen MR) is 64.0 cm³/mol. The molecule has 7 nitrogen and oxygen atoms in total. The summed E-state index contributed by atoms with van der Waals surface area (Å²) in [7, 11) is 1.71. The summed E-state index contributed by atoms with van der Waals surface area (Å²) in [5.41, 5.74) is 0.408. The second-order valence-electron chi connectivity index (χ2n) is 3.70. The van der Waals surface area contributed by atoms with Gasteiger partial charge in [0, 0.05) is 26.3 Å². The van der Waals surface area contributed by atoms with Crippen molar-refractivity contribution in [3.63, 3.8) is 0 Å². The molecule has 1 rings (SSSR count). The van der Waals surface area contributed by atoms with E-state index in [1.54, 1.807) is 11.9 Å². The van der Waals surface area contributed by atoms with Crippen LogP contribution in [0.1, 0.15) is 23.0 Å². The zero-order valence-corrected chi connectivity index (χ0v) is 10.4. The number of carbonyl (C=O) groups is 2. The van der Waals surface area contributed by atoms with E-state index in [0.29, 0.717) is 12.2 Å². The maximum atomic E-state index is 11.5. The highest BCUT2D eigenvalue weighted by molar-refractivity contribution is 5.88. The number of aromatic nitrogens is 2. The third kappa shape index (κ3) is 3.77. The Kier molecular flexibility index (Phi) is 5.19. The molecule has 0 radical (unpaired) electrons. The summed E-state index contributed by atoms with van der Waals surface area (Å²) >= 11 is 0. The van der Waals surface area contributed by atoms with Gasteiger partial charge in [0.1, 0.15) is 11.9 Å². The molecule has 0 spiro atoms. The number of carbonyl (C=O) groups excluding carboxylic acids is 1. The maximum Gasteiger partial charge on any atom is 0.339 e. The second-order valence-corrected chi connectivity index (χ2v) is 3.70. The molecule has 0 saturated carbocycles. The summed E-state index contributed by atoms with van der Waals surface area (Å²) in [5.74, 6) is -1.13. The van der Waals surface area contributed by atoms with Gasteiger partial charge in [-0.15, -0.1) is 0 Å². The van der Waals surface area contributed by atoms with E-state index in [1.165, 1.54) is 12.5 Å². The SMILES string of the molecule is CCN(C)C(=O)CNCc1ncncc1C(=O)O. The summed E-state index contributed by atoms with van der Waals surface area (Å²) in [5, 5.41) is 11.8. The van der Waals surface area contributed by atoms with E-state index in [9.17, 15) is 9.59 Å². The van der Waals surface area contributed by atoms with Gasteiger partial charge in [0.2, 0.25) is 5.91 Å². The Morgan fingerprint density at radius 3 is 2.83 bits per heavy atom. The number of amides is 1. The van der Waals surface area contributed by atoms with Gasteiger partial charge >= 0.3 is 5.97 Å². The molecule has 7 heteroatoms. The third-order valence-electron chi connectivity index (χ3n) is 2.49. The van der Waals surface area contributed by atoms with Crippen LogP contribution in [0.2, 0.25) is 0 Å². The zero-order valence-electron chi connectivity index (χ0n) is 10.4. The van der Waals surface area contributed by atoms with Gasteiger partial charge in [0.15, 0.2) is 0 Å². The van der Waals surface area contributed by atoms with Crippen molar-refractivity contribution in [1.29, 1.82) is 0 Å². The van der Waals surface area contributed by atoms with Gasteiger partial charge in [-0.3, -0.25) is 4.79 Å². The van der Waals surface area contributed by atoms with E-state index in [2.05, 4.69) is 15.3 Å². The molecule has 0 aliphatic rings. The summed E-state index contributed by atoms with van der Waals surface area (Å²) < 4.78 is 0. The van der Waals surface area contributed by atoms with E-state index in [4.69, 9.17) is 5.11 Å². The van der Waals surface area contributed by atoms with Gasteiger partial charge in [-0.1, -0.05) is 0 Å². The largest absolute Gasteiger partial charge is 0.478 e. The number of nitrogens with zero attached hydrogens (tertiary/aromatic N) is 3. The van der Waals surface area contributed by atoms with Crippen molar-refractivity contribution in [2.75, 3.05) is 20.1 Å². The van der Waals surface area contributed by atoms with Crippen LogP contribution in [-0.4, -0.2) is 52.0 Å². The van der Waals surface area contributed by atoms with Crippen LogP contribution in [0.4, 0.5) is 0 Å². The molecule has 0 atom stereocenters. The molecule has 1 aromatic rings. The van der Waals surface area contributed by atoms with Crippen molar-refractivity contribution in [1.82, 2.24) is 20.2 Å². The molecule has 0 aliphatic heterocycles. The number of likely N-dealkylation sites (N-methyl/N-ethyl adjacent to an activating group) is 1. The smallest absolute Gasteiger partial charge is 0.339 e. The monoisotopic (exact) mass is 252 g/mol. The van der Waals surface area contributed by atoms with Gasteiger partial charge in [0.25, 0.3) is 0 Å². The van der Waals surface area contributed by atoms with Crippen LogP contribution in [-0.2, 0) is 11.3 Å². The van der Waals surface area contributed by atoms with Gasteiger partial charge in [-0.05, 0) is 6.92 Å². The first-order valence-electron chi connectivity index (χ1n) is 5.53. The van der Waals surface area contributed by atoms with Crippen molar-refractivity contribution >= 4 is 11.9 Å². The minimum atomic E-state index is -1.08. The average Bonchev–Trinajstić information content (AvgIpc) is 2.38. The number of carboxylic acids is 1. The first-order valence-corrected chi connectivity index (χ1v) is 5.53. The summed E-state index contributed by atoms with van der Waals surface area (Å²) in [6.07, 6.45) is 2.52. The van der Waals surface area contributed by atoms with E-state index in [-0.39, 0.29) is 24.6 Å². The number of nitrogens with one attached hydrogen (secondary N) is 1. The topological polar surface area (TPSA) is 95.4 Å². The fourth-order valence-electron chi connectivity index (χ4n) is 1.27. The Hall–Kier alpha value is -2.02. The van der Waals surface area contributed by atoms with E-state index in [1.807, 2.05) is 6.92 Å². The predicted octanol–water partition coefficient (Wildman–Crippen LogP) is -0.257. The number of hydrogen-bond acceptors (Lipinski definition) is 5. The molecule has 1 amide bonds. The highest BCUT2D eigenvalue weighted by atomic mass is 16.4. The van der Waals surface area contributed by atoms with Crippen LogP contribution in [0, 0.1) is 0 Å². The summed E-state index contributed by atoms with van der Waals surface area (Å²) in [4.78, 5) is 31.5. The van der Waals surface area contributed by atoms with Gasteiger partial charge in [0.05, 0.1) is 12.2 Å². The fourth-order valence-corrected chi connectivity index (χ4v) is 1.27. The Labute approximate surface area is 105 Å². The molecule has 1 aromatic heterocycles. The Bertz CT molecular complexity index is 436. The van der Waals surface area contributed by atoms with Gasteiger partial charge < -0.3 is 15.3 Å². The Morgan fingerprint density at radius 1 is 1.50 bits per heavy atom. The van der Waals surface area contributed by atoms with Gasteiger partial charge in [-0.2, -0.15) is 0 Å². The van der Waals surface area contributed by atoms with Crippen LogP contribution in [0.5, 0.6) is 0 Å². The highest BCUT2D eigenvalue weighted by Crippen LogP contribution is 2.02. The normalized spacial score (nSPS) is 10.1. The molecule has 2 N–H and O–H groups in total. The second kappa shape index (κ2) is 6.65. The van der Waals surface area contributed by atoms with Crippen LogP contribution < -0.4 is 5.32 Å². The van der Waals surface area contributed by atoms with Crippen molar-refractivity contribution in [3.05, 3.63) is 23.8 Å². The summed E-state index contributed by atoms with van der Waals surface area (Å²) in [6, 6.07) is 0. The zero-order chi connectivity index (χ0) is 13.5. The van der Waals surface area contributed by atoms with E-state index in [0.717, 1.165) is 0 Å². The number of carboxylic acid groups (broad SMARTS) is 1. The van der Waals surface area contributed by atoms with Crippen LogP contribution >= 0.6 is 0 Å². The number of aromatic carboxylic acids is 1. The molecule has 0 fully saturated rings. The van der Waals surface area contributed by atoms with Crippen LogP contribution in [0.3, 0.4) is 0 Å².